The van der Waals surface area contributed by atoms with Crippen LogP contribution in [-0.4, -0.2) is 38.8 Å². The molecule has 4 aromatic rings. The summed E-state index contributed by atoms with van der Waals surface area (Å²) in [6.45, 7) is 1.26. The first kappa shape index (κ1) is 19.4. The Bertz CT molecular complexity index is 1250. The Hall–Kier alpha value is -2.58. The van der Waals surface area contributed by atoms with Crippen LogP contribution >= 0.6 is 22.9 Å². The Kier molecular flexibility index (Phi) is 4.91. The summed E-state index contributed by atoms with van der Waals surface area (Å²) < 4.78 is 26.8. The molecule has 1 fully saturated rings. The minimum absolute atomic E-state index is 0.0976. The fraction of sp³-hybridized carbons (Fsp3) is 0.286. The summed E-state index contributed by atoms with van der Waals surface area (Å²) in [6, 6.07) is 10.6. The van der Waals surface area contributed by atoms with Crippen molar-refractivity contribution in [1.82, 2.24) is 19.9 Å². The lowest BCUT2D eigenvalue weighted by Gasteiger charge is -2.31. The van der Waals surface area contributed by atoms with E-state index in [0.717, 1.165) is 28.1 Å². The van der Waals surface area contributed by atoms with Crippen LogP contribution in [0.2, 0.25) is 5.02 Å². The number of piperidine rings is 1. The smallest absolute Gasteiger partial charge is 0.295 e. The fourth-order valence-electron chi connectivity index (χ4n) is 3.87. The number of thiazole rings is 1. The third kappa shape index (κ3) is 3.54. The van der Waals surface area contributed by atoms with Gasteiger partial charge in [0.15, 0.2) is 5.82 Å². The highest BCUT2D eigenvalue weighted by Gasteiger charge is 2.27. The minimum Gasteiger partial charge on any atom is -0.339 e. The van der Waals surface area contributed by atoms with Crippen LogP contribution in [0.1, 0.15) is 46.4 Å². The third-order valence-corrected chi connectivity index (χ3v) is 6.89. The molecule has 5 nitrogen and oxygen atoms in total. The normalized spacial score (nSPS) is 15.5. The number of aromatic amines is 1. The molecule has 0 bridgehead atoms. The van der Waals surface area contributed by atoms with Gasteiger partial charge < -0.3 is 9.88 Å². The second-order valence-corrected chi connectivity index (χ2v) is 8.88. The van der Waals surface area contributed by atoms with E-state index in [4.69, 9.17) is 16.6 Å². The van der Waals surface area contributed by atoms with E-state index >= 15 is 0 Å². The van der Waals surface area contributed by atoms with Crippen LogP contribution in [0.25, 0.3) is 21.3 Å². The van der Waals surface area contributed by atoms with Gasteiger partial charge in [-0.25, -0.2) is 18.7 Å². The SMILES string of the molecule is O=C(c1ccc2nc(C(F)F)[nH]c2c1)N1CCC(c2nc3cc(Cl)ccc3s2)CC1. The van der Waals surface area contributed by atoms with E-state index in [1.165, 1.54) is 0 Å². The Morgan fingerprint density at radius 1 is 1.13 bits per heavy atom. The van der Waals surface area contributed by atoms with Crippen molar-refractivity contribution in [2.75, 3.05) is 13.1 Å². The zero-order valence-corrected chi connectivity index (χ0v) is 17.3. The van der Waals surface area contributed by atoms with Crippen molar-refractivity contribution in [3.05, 3.63) is 57.8 Å². The number of likely N-dealkylation sites (tertiary alicyclic amines) is 1. The number of rotatable bonds is 3. The van der Waals surface area contributed by atoms with Gasteiger partial charge in [0.1, 0.15) is 0 Å². The fourth-order valence-corrected chi connectivity index (χ4v) is 5.15. The molecule has 2 aromatic carbocycles. The molecule has 0 saturated carbocycles. The Morgan fingerprint density at radius 2 is 1.93 bits per heavy atom. The molecule has 0 atom stereocenters. The summed E-state index contributed by atoms with van der Waals surface area (Å²) in [6.07, 6.45) is -1.00. The summed E-state index contributed by atoms with van der Waals surface area (Å²) in [5, 5.41) is 1.76. The number of fused-ring (bicyclic) bond motifs is 2. The largest absolute Gasteiger partial charge is 0.339 e. The topological polar surface area (TPSA) is 61.9 Å². The monoisotopic (exact) mass is 446 g/mol. The molecule has 1 aliphatic heterocycles. The lowest BCUT2D eigenvalue weighted by atomic mass is 9.97. The van der Waals surface area contributed by atoms with Crippen LogP contribution in [0, 0.1) is 0 Å². The molecule has 1 N–H and O–H groups in total. The summed E-state index contributed by atoms with van der Waals surface area (Å²) in [7, 11) is 0. The lowest BCUT2D eigenvalue weighted by Crippen LogP contribution is -2.37. The molecule has 30 heavy (non-hydrogen) atoms. The lowest BCUT2D eigenvalue weighted by molar-refractivity contribution is 0.0713. The first-order valence-corrected chi connectivity index (χ1v) is 10.8. The van der Waals surface area contributed by atoms with E-state index in [0.29, 0.717) is 40.6 Å². The number of carbonyl (C=O) groups is 1. The molecule has 3 heterocycles. The van der Waals surface area contributed by atoms with Crippen molar-refractivity contribution in [3.63, 3.8) is 0 Å². The second-order valence-electron chi connectivity index (χ2n) is 7.39. The zero-order chi connectivity index (χ0) is 20.8. The Morgan fingerprint density at radius 3 is 2.70 bits per heavy atom. The number of hydrogen-bond donors (Lipinski definition) is 1. The number of carbonyl (C=O) groups excluding carboxylic acids is 1. The van der Waals surface area contributed by atoms with Crippen LogP contribution in [0.4, 0.5) is 8.78 Å². The van der Waals surface area contributed by atoms with Crippen LogP contribution in [0.3, 0.4) is 0 Å². The van der Waals surface area contributed by atoms with Gasteiger partial charge in [0.25, 0.3) is 12.3 Å². The third-order valence-electron chi connectivity index (χ3n) is 5.45. The van der Waals surface area contributed by atoms with Gasteiger partial charge in [0, 0.05) is 29.6 Å². The van der Waals surface area contributed by atoms with Crippen molar-refractivity contribution < 1.29 is 13.6 Å². The van der Waals surface area contributed by atoms with Gasteiger partial charge in [-0.2, -0.15) is 0 Å². The first-order chi connectivity index (χ1) is 14.5. The molecule has 5 rings (SSSR count). The number of benzene rings is 2. The van der Waals surface area contributed by atoms with Gasteiger partial charge in [0.2, 0.25) is 0 Å². The average molecular weight is 447 g/mol. The number of hydrogen-bond acceptors (Lipinski definition) is 4. The molecule has 0 radical (unpaired) electrons. The van der Waals surface area contributed by atoms with Crippen LogP contribution < -0.4 is 0 Å². The number of alkyl halides is 2. The van der Waals surface area contributed by atoms with Crippen molar-refractivity contribution in [2.45, 2.75) is 25.2 Å². The van der Waals surface area contributed by atoms with Gasteiger partial charge in [0.05, 0.1) is 26.3 Å². The molecular weight excluding hydrogens is 430 g/mol. The zero-order valence-electron chi connectivity index (χ0n) is 15.7. The molecular formula is C21H17ClF2N4OS. The molecule has 0 unspecified atom stereocenters. The molecule has 1 aliphatic rings. The number of nitrogens with one attached hydrogen (secondary N) is 1. The van der Waals surface area contributed by atoms with Gasteiger partial charge in [-0.1, -0.05) is 11.6 Å². The number of halogens is 3. The van der Waals surface area contributed by atoms with Crippen molar-refractivity contribution >= 4 is 50.1 Å². The summed E-state index contributed by atoms with van der Waals surface area (Å²) >= 11 is 7.74. The number of imidazole rings is 1. The number of nitrogens with zero attached hydrogens (tertiary/aromatic N) is 3. The second kappa shape index (κ2) is 7.59. The van der Waals surface area contributed by atoms with E-state index in [2.05, 4.69) is 9.97 Å². The van der Waals surface area contributed by atoms with Crippen molar-refractivity contribution in [3.8, 4) is 0 Å². The maximum absolute atomic E-state index is 12.9. The van der Waals surface area contributed by atoms with Gasteiger partial charge in [-0.3, -0.25) is 4.79 Å². The van der Waals surface area contributed by atoms with E-state index < -0.39 is 6.43 Å². The van der Waals surface area contributed by atoms with Crippen LogP contribution in [0.5, 0.6) is 0 Å². The maximum Gasteiger partial charge on any atom is 0.295 e. The van der Waals surface area contributed by atoms with Gasteiger partial charge in [-0.05, 0) is 49.2 Å². The van der Waals surface area contributed by atoms with E-state index in [1.54, 1.807) is 29.5 Å². The van der Waals surface area contributed by atoms with Gasteiger partial charge >= 0.3 is 0 Å². The summed E-state index contributed by atoms with van der Waals surface area (Å²) in [4.78, 5) is 25.9. The highest BCUT2D eigenvalue weighted by Crippen LogP contribution is 2.35. The molecule has 2 aromatic heterocycles. The first-order valence-electron chi connectivity index (χ1n) is 9.61. The predicted molar refractivity (Wildman–Crippen MR) is 114 cm³/mol. The molecule has 0 aliphatic carbocycles. The molecule has 154 valence electrons. The number of amides is 1. The van der Waals surface area contributed by atoms with E-state index in [-0.39, 0.29) is 11.7 Å². The number of aromatic nitrogens is 3. The van der Waals surface area contributed by atoms with Crippen LogP contribution in [0.15, 0.2) is 36.4 Å². The highest BCUT2D eigenvalue weighted by atomic mass is 35.5. The average Bonchev–Trinajstić information content (AvgIpc) is 3.36. The summed E-state index contributed by atoms with van der Waals surface area (Å²) in [5.41, 5.74) is 2.26. The van der Waals surface area contributed by atoms with Crippen molar-refractivity contribution in [2.24, 2.45) is 0 Å². The predicted octanol–water partition coefficient (Wildman–Crippen LogP) is 5.78. The Balaban J connectivity index is 1.29. The number of H-pyrrole nitrogens is 1. The Labute approximate surface area is 179 Å². The van der Waals surface area contributed by atoms with Gasteiger partial charge in [-0.15, -0.1) is 11.3 Å². The van der Waals surface area contributed by atoms with Crippen molar-refractivity contribution in [1.29, 1.82) is 0 Å². The maximum atomic E-state index is 12.9. The molecule has 1 amide bonds. The molecule has 1 saturated heterocycles. The summed E-state index contributed by atoms with van der Waals surface area (Å²) in [5.74, 6) is -0.166. The molecule has 0 spiro atoms. The quantitative estimate of drug-likeness (QED) is 0.433. The van der Waals surface area contributed by atoms with E-state index in [9.17, 15) is 13.6 Å². The molecule has 9 heteroatoms. The van der Waals surface area contributed by atoms with Crippen LogP contribution in [-0.2, 0) is 0 Å². The van der Waals surface area contributed by atoms with E-state index in [1.807, 2.05) is 23.1 Å². The highest BCUT2D eigenvalue weighted by molar-refractivity contribution is 7.18. The standard InChI is InChI=1S/C21H17ClF2N4OS/c22-13-2-4-17-16(10-13)27-20(30-17)11-5-7-28(8-6-11)21(29)12-1-3-14-15(9-12)26-19(25-14)18(23)24/h1-4,9-11,18H,5-8H2,(H,25,26). The minimum atomic E-state index is -2.67.